The molecule has 2 aliphatic heterocycles. The Kier molecular flexibility index (Phi) is 4.35. The van der Waals surface area contributed by atoms with Crippen molar-refractivity contribution in [1.29, 1.82) is 0 Å². The van der Waals surface area contributed by atoms with E-state index in [2.05, 4.69) is 34.5 Å². The third-order valence-electron chi connectivity index (χ3n) is 5.96. The number of piperazine rings is 1. The lowest BCUT2D eigenvalue weighted by Gasteiger charge is -2.45. The summed E-state index contributed by atoms with van der Waals surface area (Å²) >= 11 is 13.0. The van der Waals surface area contributed by atoms with Gasteiger partial charge in [-0.05, 0) is 23.3 Å². The fraction of sp³-hybridized carbons (Fsp3) is 0.217. The van der Waals surface area contributed by atoms with Crippen LogP contribution in [0.3, 0.4) is 0 Å². The second kappa shape index (κ2) is 6.77. The zero-order valence-electron chi connectivity index (χ0n) is 15.2. The minimum atomic E-state index is -0.405. The fourth-order valence-electron chi connectivity index (χ4n) is 4.72. The average Bonchev–Trinajstić information content (AvgIpc) is 3.06. The summed E-state index contributed by atoms with van der Waals surface area (Å²) in [5, 5.41) is 4.26. The van der Waals surface area contributed by atoms with Gasteiger partial charge in [-0.15, -0.1) is 0 Å². The normalized spacial score (nSPS) is 20.8. The predicted octanol–water partition coefficient (Wildman–Crippen LogP) is 5.66. The number of nitrogens with zero attached hydrogens (tertiary/aromatic N) is 1. The SMILES string of the molecule is Fc1cc2c(c(-c3ccccc3Cl)c1Cl)C[C@]1(c3ccccc3)CNCCN21. The zero-order chi connectivity index (χ0) is 19.3. The second-order valence-electron chi connectivity index (χ2n) is 7.43. The summed E-state index contributed by atoms with van der Waals surface area (Å²) in [6.07, 6.45) is 0.750. The standard InChI is InChI=1S/C23H19Cl2FN2/c24-18-9-5-4-8-16(18)21-17-13-23(15-6-2-1-3-7-15)14-27-10-11-28(23)20(17)12-19(26)22(21)25/h1-9,12,27H,10-11,13-14H2/t23-/m1/s1. The molecule has 1 N–H and O–H groups in total. The fourth-order valence-corrected chi connectivity index (χ4v) is 5.22. The summed E-state index contributed by atoms with van der Waals surface area (Å²) < 4.78 is 14.9. The highest BCUT2D eigenvalue weighted by molar-refractivity contribution is 6.37. The van der Waals surface area contributed by atoms with Gasteiger partial charge >= 0.3 is 0 Å². The molecule has 0 saturated carbocycles. The average molecular weight is 413 g/mol. The van der Waals surface area contributed by atoms with Crippen molar-refractivity contribution in [2.45, 2.75) is 12.0 Å². The van der Waals surface area contributed by atoms with Gasteiger partial charge in [0.05, 0.1) is 10.6 Å². The molecule has 0 aliphatic carbocycles. The van der Waals surface area contributed by atoms with Crippen LogP contribution < -0.4 is 10.2 Å². The summed E-state index contributed by atoms with van der Waals surface area (Å²) in [5.74, 6) is -0.405. The molecule has 0 radical (unpaired) electrons. The molecule has 1 saturated heterocycles. The molecule has 28 heavy (non-hydrogen) atoms. The highest BCUT2D eigenvalue weighted by Crippen LogP contribution is 2.52. The Morgan fingerprint density at radius 3 is 2.54 bits per heavy atom. The smallest absolute Gasteiger partial charge is 0.144 e. The summed E-state index contributed by atoms with van der Waals surface area (Å²) in [6, 6.07) is 19.5. The van der Waals surface area contributed by atoms with Crippen LogP contribution in [-0.2, 0) is 12.0 Å². The number of anilines is 1. The molecule has 2 aliphatic rings. The number of hydrogen-bond acceptors (Lipinski definition) is 2. The van der Waals surface area contributed by atoms with Gasteiger partial charge in [0.2, 0.25) is 0 Å². The third-order valence-corrected chi connectivity index (χ3v) is 6.66. The molecule has 2 nitrogen and oxygen atoms in total. The van der Waals surface area contributed by atoms with E-state index >= 15 is 0 Å². The van der Waals surface area contributed by atoms with Crippen molar-refractivity contribution in [3.05, 3.63) is 87.7 Å². The van der Waals surface area contributed by atoms with Crippen LogP contribution in [0.1, 0.15) is 11.1 Å². The van der Waals surface area contributed by atoms with Crippen molar-refractivity contribution < 1.29 is 4.39 Å². The van der Waals surface area contributed by atoms with E-state index in [0.717, 1.165) is 42.9 Å². The van der Waals surface area contributed by atoms with Gasteiger partial charge in [0.1, 0.15) is 5.82 Å². The van der Waals surface area contributed by atoms with Crippen molar-refractivity contribution in [2.24, 2.45) is 0 Å². The number of rotatable bonds is 2. The lowest BCUT2D eigenvalue weighted by atomic mass is 9.83. The Morgan fingerprint density at radius 2 is 1.75 bits per heavy atom. The van der Waals surface area contributed by atoms with Gasteiger partial charge in [0.25, 0.3) is 0 Å². The number of fused-ring (bicyclic) bond motifs is 3. The molecular formula is C23H19Cl2FN2. The topological polar surface area (TPSA) is 15.3 Å². The van der Waals surface area contributed by atoms with Gasteiger partial charge in [0, 0.05) is 47.9 Å². The molecule has 5 rings (SSSR count). The lowest BCUT2D eigenvalue weighted by molar-refractivity contribution is 0.350. The quantitative estimate of drug-likeness (QED) is 0.583. The minimum Gasteiger partial charge on any atom is -0.359 e. The monoisotopic (exact) mass is 412 g/mol. The van der Waals surface area contributed by atoms with Crippen LogP contribution in [-0.4, -0.2) is 19.6 Å². The maximum atomic E-state index is 14.9. The summed E-state index contributed by atoms with van der Waals surface area (Å²) in [5.41, 5.74) is 4.44. The first-order valence-electron chi connectivity index (χ1n) is 9.41. The maximum absolute atomic E-state index is 14.9. The Morgan fingerprint density at radius 1 is 1.00 bits per heavy atom. The second-order valence-corrected chi connectivity index (χ2v) is 8.21. The van der Waals surface area contributed by atoms with Crippen molar-refractivity contribution in [3.63, 3.8) is 0 Å². The molecule has 0 aromatic heterocycles. The van der Waals surface area contributed by atoms with Crippen LogP contribution in [0.5, 0.6) is 0 Å². The summed E-state index contributed by atoms with van der Waals surface area (Å²) in [7, 11) is 0. The number of halogens is 3. The Bertz CT molecular complexity index is 1050. The first-order chi connectivity index (χ1) is 13.6. The minimum absolute atomic E-state index is 0.142. The highest BCUT2D eigenvalue weighted by atomic mass is 35.5. The molecule has 0 spiro atoms. The lowest BCUT2D eigenvalue weighted by Crippen LogP contribution is -2.57. The van der Waals surface area contributed by atoms with Crippen LogP contribution in [0, 0.1) is 5.82 Å². The number of nitrogens with one attached hydrogen (secondary N) is 1. The first kappa shape index (κ1) is 18.0. The van der Waals surface area contributed by atoms with Crippen LogP contribution in [0.15, 0.2) is 60.7 Å². The van der Waals surface area contributed by atoms with Gasteiger partial charge in [-0.1, -0.05) is 71.7 Å². The molecule has 3 aromatic carbocycles. The Hall–Kier alpha value is -2.07. The van der Waals surface area contributed by atoms with E-state index in [0.29, 0.717) is 10.6 Å². The van der Waals surface area contributed by atoms with Gasteiger partial charge in [-0.25, -0.2) is 4.39 Å². The van der Waals surface area contributed by atoms with Gasteiger partial charge in [0.15, 0.2) is 0 Å². The van der Waals surface area contributed by atoms with Gasteiger partial charge < -0.3 is 10.2 Å². The molecule has 0 unspecified atom stereocenters. The zero-order valence-corrected chi connectivity index (χ0v) is 16.7. The van der Waals surface area contributed by atoms with E-state index in [1.54, 1.807) is 6.07 Å². The Labute approximate surface area is 173 Å². The van der Waals surface area contributed by atoms with E-state index in [1.807, 2.05) is 30.3 Å². The van der Waals surface area contributed by atoms with Crippen molar-refractivity contribution in [1.82, 2.24) is 5.32 Å². The van der Waals surface area contributed by atoms with Crippen LogP contribution >= 0.6 is 23.2 Å². The molecule has 0 amide bonds. The highest BCUT2D eigenvalue weighted by Gasteiger charge is 2.48. The number of benzene rings is 3. The third kappa shape index (κ3) is 2.57. The van der Waals surface area contributed by atoms with E-state index in [4.69, 9.17) is 23.2 Å². The molecule has 5 heteroatoms. The first-order valence-corrected chi connectivity index (χ1v) is 10.2. The van der Waals surface area contributed by atoms with Gasteiger partial charge in [-0.3, -0.25) is 0 Å². The maximum Gasteiger partial charge on any atom is 0.144 e. The predicted molar refractivity (Wildman–Crippen MR) is 114 cm³/mol. The molecule has 0 bridgehead atoms. The largest absolute Gasteiger partial charge is 0.359 e. The van der Waals surface area contributed by atoms with Crippen molar-refractivity contribution in [3.8, 4) is 11.1 Å². The van der Waals surface area contributed by atoms with E-state index in [-0.39, 0.29) is 10.6 Å². The van der Waals surface area contributed by atoms with Crippen molar-refractivity contribution >= 4 is 28.9 Å². The summed E-state index contributed by atoms with van der Waals surface area (Å²) in [6.45, 7) is 2.47. The molecular weight excluding hydrogens is 394 g/mol. The molecule has 2 heterocycles. The summed E-state index contributed by atoms with van der Waals surface area (Å²) in [4.78, 5) is 2.34. The number of hydrogen-bond donors (Lipinski definition) is 1. The van der Waals surface area contributed by atoms with E-state index < -0.39 is 5.82 Å². The van der Waals surface area contributed by atoms with E-state index in [9.17, 15) is 4.39 Å². The molecule has 142 valence electrons. The Balaban J connectivity index is 1.77. The molecule has 3 aromatic rings. The van der Waals surface area contributed by atoms with Crippen LogP contribution in [0.4, 0.5) is 10.1 Å². The van der Waals surface area contributed by atoms with Crippen LogP contribution in [0.25, 0.3) is 11.1 Å². The van der Waals surface area contributed by atoms with Crippen molar-refractivity contribution in [2.75, 3.05) is 24.5 Å². The van der Waals surface area contributed by atoms with E-state index in [1.165, 1.54) is 5.56 Å². The molecule has 1 atom stereocenters. The van der Waals surface area contributed by atoms with Gasteiger partial charge in [-0.2, -0.15) is 0 Å². The van der Waals surface area contributed by atoms with Crippen LogP contribution in [0.2, 0.25) is 10.0 Å². The molecule has 1 fully saturated rings.